The number of methoxy groups -OCH3 is 3. The number of imidazole rings is 1. The Morgan fingerprint density at radius 2 is 1.83 bits per heavy atom. The fourth-order valence-corrected chi connectivity index (χ4v) is 2.88. The molecule has 0 saturated carbocycles. The molecule has 1 heterocycles. The Bertz CT molecular complexity index is 869. The molecule has 1 atom stereocenters. The van der Waals surface area contributed by atoms with E-state index in [4.69, 9.17) is 14.2 Å². The highest BCUT2D eigenvalue weighted by atomic mass is 19.4. The summed E-state index contributed by atoms with van der Waals surface area (Å²) < 4.78 is 57.2. The Kier molecular flexibility index (Phi) is 6.62. The van der Waals surface area contributed by atoms with Crippen LogP contribution in [0.1, 0.15) is 22.6 Å². The smallest absolute Gasteiger partial charge is 0.424 e. The van der Waals surface area contributed by atoms with E-state index in [1.807, 2.05) is 0 Å². The first-order valence-corrected chi connectivity index (χ1v) is 8.44. The largest absolute Gasteiger partial charge is 0.493 e. The van der Waals surface area contributed by atoms with Gasteiger partial charge in [-0.25, -0.2) is 4.98 Å². The molecule has 0 radical (unpaired) electrons. The van der Waals surface area contributed by atoms with Gasteiger partial charge in [0, 0.05) is 32.4 Å². The van der Waals surface area contributed by atoms with Crippen molar-refractivity contribution in [3.63, 3.8) is 0 Å². The predicted molar refractivity (Wildman–Crippen MR) is 96.2 cm³/mol. The standard InChI is InChI=1S/C18H22F3N3O5/c1-24-10-9-23-16(24)17(26,18(19,20)21)7-8-22-15(25)11-5-6-12(27-2)14(29-4)13(11)28-3/h5-6,9-10,26H,7-8H2,1-4H3,(H,22,25). The first kappa shape index (κ1) is 22.3. The molecule has 11 heteroatoms. The zero-order valence-corrected chi connectivity index (χ0v) is 16.3. The van der Waals surface area contributed by atoms with Gasteiger partial charge < -0.3 is 29.2 Å². The summed E-state index contributed by atoms with van der Waals surface area (Å²) in [5.41, 5.74) is -3.18. The third-order valence-corrected chi connectivity index (χ3v) is 4.38. The van der Waals surface area contributed by atoms with Crippen LogP contribution in [0.5, 0.6) is 17.2 Å². The van der Waals surface area contributed by atoms with Gasteiger partial charge in [0.1, 0.15) is 5.82 Å². The summed E-state index contributed by atoms with van der Waals surface area (Å²) in [6.45, 7) is -0.473. The van der Waals surface area contributed by atoms with Crippen molar-refractivity contribution < 1.29 is 37.3 Å². The molecule has 0 aliphatic carbocycles. The molecular formula is C18H22F3N3O5. The zero-order chi connectivity index (χ0) is 21.8. The lowest BCUT2D eigenvalue weighted by Gasteiger charge is -2.30. The number of nitrogens with one attached hydrogen (secondary N) is 1. The highest BCUT2D eigenvalue weighted by Gasteiger charge is 2.57. The van der Waals surface area contributed by atoms with E-state index in [1.54, 1.807) is 0 Å². The lowest BCUT2D eigenvalue weighted by molar-refractivity contribution is -0.272. The number of alkyl halides is 3. The molecule has 160 valence electrons. The second kappa shape index (κ2) is 8.60. The average molecular weight is 417 g/mol. The number of hydrogen-bond donors (Lipinski definition) is 2. The van der Waals surface area contributed by atoms with Crippen molar-refractivity contribution in [3.05, 3.63) is 35.9 Å². The van der Waals surface area contributed by atoms with Gasteiger partial charge in [-0.2, -0.15) is 13.2 Å². The van der Waals surface area contributed by atoms with Gasteiger partial charge in [-0.3, -0.25) is 4.79 Å². The Hall–Kier alpha value is -2.95. The summed E-state index contributed by atoms with van der Waals surface area (Å²) in [6, 6.07) is 2.86. The van der Waals surface area contributed by atoms with Crippen molar-refractivity contribution in [2.45, 2.75) is 18.2 Å². The third-order valence-electron chi connectivity index (χ3n) is 4.38. The van der Waals surface area contributed by atoms with Crippen LogP contribution in [0.2, 0.25) is 0 Å². The first-order valence-electron chi connectivity index (χ1n) is 8.44. The first-order chi connectivity index (χ1) is 13.6. The van der Waals surface area contributed by atoms with Gasteiger partial charge in [0.15, 0.2) is 11.5 Å². The van der Waals surface area contributed by atoms with E-state index in [2.05, 4.69) is 10.3 Å². The maximum atomic E-state index is 13.5. The number of aromatic nitrogens is 2. The molecule has 29 heavy (non-hydrogen) atoms. The fourth-order valence-electron chi connectivity index (χ4n) is 2.88. The molecule has 2 N–H and O–H groups in total. The summed E-state index contributed by atoms with van der Waals surface area (Å²) >= 11 is 0. The Morgan fingerprint density at radius 3 is 2.31 bits per heavy atom. The maximum Gasteiger partial charge on any atom is 0.424 e. The van der Waals surface area contributed by atoms with Gasteiger partial charge in [-0.15, -0.1) is 0 Å². The van der Waals surface area contributed by atoms with E-state index in [0.29, 0.717) is 5.75 Å². The number of ether oxygens (including phenoxy) is 3. The van der Waals surface area contributed by atoms with Crippen molar-refractivity contribution in [1.82, 2.24) is 14.9 Å². The number of carbonyl (C=O) groups excluding carboxylic acids is 1. The van der Waals surface area contributed by atoms with Crippen LogP contribution in [-0.2, 0) is 12.6 Å². The topological polar surface area (TPSA) is 94.8 Å². The van der Waals surface area contributed by atoms with Crippen molar-refractivity contribution in [2.75, 3.05) is 27.9 Å². The molecule has 0 fully saturated rings. The van der Waals surface area contributed by atoms with E-state index in [9.17, 15) is 23.1 Å². The van der Waals surface area contributed by atoms with Crippen molar-refractivity contribution in [3.8, 4) is 17.2 Å². The van der Waals surface area contributed by atoms with Crippen molar-refractivity contribution in [2.24, 2.45) is 7.05 Å². The number of amides is 1. The molecule has 8 nitrogen and oxygen atoms in total. The molecule has 0 aliphatic heterocycles. The quantitative estimate of drug-likeness (QED) is 0.683. The Morgan fingerprint density at radius 1 is 1.17 bits per heavy atom. The lowest BCUT2D eigenvalue weighted by Crippen LogP contribution is -2.46. The van der Waals surface area contributed by atoms with Crippen LogP contribution >= 0.6 is 0 Å². The number of aryl methyl sites for hydroxylation is 1. The molecule has 0 aliphatic rings. The summed E-state index contributed by atoms with van der Waals surface area (Å²) in [5.74, 6) is -0.709. The zero-order valence-electron chi connectivity index (χ0n) is 16.3. The van der Waals surface area contributed by atoms with Gasteiger partial charge in [0.05, 0.1) is 26.9 Å². The third kappa shape index (κ3) is 4.24. The van der Waals surface area contributed by atoms with E-state index in [0.717, 1.165) is 10.8 Å². The van der Waals surface area contributed by atoms with Crippen LogP contribution in [0.15, 0.2) is 24.5 Å². The minimum Gasteiger partial charge on any atom is -0.493 e. The molecular weight excluding hydrogens is 395 g/mol. The van der Waals surface area contributed by atoms with Gasteiger partial charge >= 0.3 is 6.18 Å². The van der Waals surface area contributed by atoms with Crippen LogP contribution in [0.3, 0.4) is 0 Å². The average Bonchev–Trinajstić information content (AvgIpc) is 3.11. The molecule has 1 aromatic heterocycles. The van der Waals surface area contributed by atoms with Crippen LogP contribution in [0.4, 0.5) is 13.2 Å². The van der Waals surface area contributed by atoms with E-state index >= 15 is 0 Å². The van der Waals surface area contributed by atoms with Crippen LogP contribution in [0, 0.1) is 0 Å². The predicted octanol–water partition coefficient (Wildman–Crippen LogP) is 2.02. The fraction of sp³-hybridized carbons (Fsp3) is 0.444. The van der Waals surface area contributed by atoms with Gasteiger partial charge in [-0.1, -0.05) is 0 Å². The maximum absolute atomic E-state index is 13.5. The highest BCUT2D eigenvalue weighted by Crippen LogP contribution is 2.41. The lowest BCUT2D eigenvalue weighted by atomic mass is 9.97. The van der Waals surface area contributed by atoms with E-state index < -0.39 is 36.5 Å². The molecule has 0 spiro atoms. The molecule has 2 rings (SSSR count). The number of benzene rings is 1. The molecule has 0 saturated heterocycles. The number of aliphatic hydroxyl groups is 1. The van der Waals surface area contributed by atoms with Crippen LogP contribution in [-0.4, -0.2) is 54.6 Å². The summed E-state index contributed by atoms with van der Waals surface area (Å²) in [5, 5.41) is 12.7. The Balaban J connectivity index is 2.21. The second-order valence-electron chi connectivity index (χ2n) is 6.11. The SMILES string of the molecule is COc1ccc(C(=O)NCCC(O)(c2nccn2C)C(F)(F)F)c(OC)c1OC. The Labute approximate surface area is 165 Å². The monoisotopic (exact) mass is 417 g/mol. The van der Waals surface area contributed by atoms with Crippen molar-refractivity contribution in [1.29, 1.82) is 0 Å². The normalized spacial score (nSPS) is 13.5. The van der Waals surface area contributed by atoms with Gasteiger partial charge in [-0.05, 0) is 12.1 Å². The molecule has 1 aromatic carbocycles. The minimum atomic E-state index is -4.99. The summed E-state index contributed by atoms with van der Waals surface area (Å²) in [7, 11) is 5.43. The van der Waals surface area contributed by atoms with E-state index in [1.165, 1.54) is 46.7 Å². The number of hydrogen-bond acceptors (Lipinski definition) is 6. The van der Waals surface area contributed by atoms with Crippen molar-refractivity contribution >= 4 is 5.91 Å². The van der Waals surface area contributed by atoms with Crippen LogP contribution in [0.25, 0.3) is 0 Å². The number of carbonyl (C=O) groups is 1. The number of rotatable bonds is 8. The molecule has 0 bridgehead atoms. The van der Waals surface area contributed by atoms with Crippen LogP contribution < -0.4 is 19.5 Å². The number of halogens is 3. The molecule has 2 aromatic rings. The minimum absolute atomic E-state index is 0.0395. The molecule has 1 amide bonds. The summed E-state index contributed by atoms with van der Waals surface area (Å²) in [6.07, 6.45) is -3.38. The highest BCUT2D eigenvalue weighted by molar-refractivity contribution is 5.98. The molecule has 1 unspecified atom stereocenters. The summed E-state index contributed by atoms with van der Waals surface area (Å²) in [4.78, 5) is 16.1. The second-order valence-corrected chi connectivity index (χ2v) is 6.11. The van der Waals surface area contributed by atoms with Gasteiger partial charge in [0.2, 0.25) is 11.4 Å². The van der Waals surface area contributed by atoms with E-state index in [-0.39, 0.29) is 17.1 Å². The van der Waals surface area contributed by atoms with Gasteiger partial charge in [0.25, 0.3) is 5.91 Å². The number of nitrogens with zero attached hydrogens (tertiary/aromatic N) is 2.